The van der Waals surface area contributed by atoms with Crippen molar-refractivity contribution in [2.75, 3.05) is 0 Å². The van der Waals surface area contributed by atoms with Crippen LogP contribution in [0.2, 0.25) is 15.1 Å². The summed E-state index contributed by atoms with van der Waals surface area (Å²) >= 11 is 17.8. The molecule has 1 nitrogen and oxygen atoms in total. The highest BCUT2D eigenvalue weighted by molar-refractivity contribution is 6.43. The van der Waals surface area contributed by atoms with Gasteiger partial charge in [-0.05, 0) is 18.2 Å². The van der Waals surface area contributed by atoms with Crippen LogP contribution in [0.5, 0.6) is 0 Å². The maximum absolute atomic E-state index is 6.07. The summed E-state index contributed by atoms with van der Waals surface area (Å²) in [5.41, 5.74) is 1.50. The van der Waals surface area contributed by atoms with E-state index in [2.05, 4.69) is 4.98 Å². The Morgan fingerprint density at radius 1 is 1.00 bits per heavy atom. The van der Waals surface area contributed by atoms with Gasteiger partial charge >= 0.3 is 0 Å². The minimum Gasteiger partial charge on any atom is -0.256 e. The van der Waals surface area contributed by atoms with Gasteiger partial charge in [0.1, 0.15) is 0 Å². The molecule has 76 valence electrons. The number of nitrogens with zero attached hydrogens (tertiary/aromatic N) is 1. The van der Waals surface area contributed by atoms with E-state index in [4.69, 9.17) is 34.8 Å². The lowest BCUT2D eigenvalue weighted by atomic mass is 10.1. The maximum Gasteiger partial charge on any atom is 0.0732 e. The second-order valence-electron chi connectivity index (χ2n) is 2.96. The molecule has 0 unspecified atom stereocenters. The molecule has 0 saturated heterocycles. The largest absolute Gasteiger partial charge is 0.256 e. The van der Waals surface area contributed by atoms with E-state index in [1.165, 1.54) is 0 Å². The molecule has 1 heterocycles. The summed E-state index contributed by atoms with van der Waals surface area (Å²) in [5, 5.41) is 1.63. The molecule has 0 spiro atoms. The Bertz CT molecular complexity index is 497. The Labute approximate surface area is 103 Å². The Morgan fingerprint density at radius 3 is 2.53 bits per heavy atom. The van der Waals surface area contributed by atoms with E-state index in [0.717, 1.165) is 11.3 Å². The topological polar surface area (TPSA) is 12.9 Å². The standard InChI is InChI=1S/C11H6Cl3N/c12-7-4-5-15-10(6-7)8-2-1-3-9(13)11(8)14/h1-6H. The van der Waals surface area contributed by atoms with Crippen LogP contribution in [0.4, 0.5) is 0 Å². The summed E-state index contributed by atoms with van der Waals surface area (Å²) in [5.74, 6) is 0. The first-order valence-corrected chi connectivity index (χ1v) is 5.38. The molecular formula is C11H6Cl3N. The fraction of sp³-hybridized carbons (Fsp3) is 0. The number of pyridine rings is 1. The third-order valence-electron chi connectivity index (χ3n) is 1.95. The van der Waals surface area contributed by atoms with Gasteiger partial charge in [-0.3, -0.25) is 4.98 Å². The van der Waals surface area contributed by atoms with Gasteiger partial charge in [-0.25, -0.2) is 0 Å². The third-order valence-corrected chi connectivity index (χ3v) is 3.00. The quantitative estimate of drug-likeness (QED) is 0.722. The van der Waals surface area contributed by atoms with E-state index in [-0.39, 0.29) is 0 Å². The molecule has 0 atom stereocenters. The van der Waals surface area contributed by atoms with Crippen LogP contribution >= 0.6 is 34.8 Å². The molecule has 0 aliphatic carbocycles. The summed E-state index contributed by atoms with van der Waals surface area (Å²) in [6.07, 6.45) is 1.63. The minimum atomic E-state index is 0.494. The molecule has 0 aliphatic rings. The number of benzene rings is 1. The Hall–Kier alpha value is -0.760. The number of hydrogen-bond donors (Lipinski definition) is 0. The van der Waals surface area contributed by atoms with Gasteiger partial charge in [-0.15, -0.1) is 0 Å². The normalized spacial score (nSPS) is 10.3. The van der Waals surface area contributed by atoms with Gasteiger partial charge in [0, 0.05) is 16.8 Å². The highest BCUT2D eigenvalue weighted by Crippen LogP contribution is 2.32. The molecule has 0 N–H and O–H groups in total. The van der Waals surface area contributed by atoms with Crippen LogP contribution in [0, 0.1) is 0 Å². The Kier molecular flexibility index (Phi) is 3.15. The second-order valence-corrected chi connectivity index (χ2v) is 4.18. The SMILES string of the molecule is Clc1ccnc(-c2cccc(Cl)c2Cl)c1. The molecular weight excluding hydrogens is 252 g/mol. The Balaban J connectivity index is 2.59. The lowest BCUT2D eigenvalue weighted by Crippen LogP contribution is -1.84. The van der Waals surface area contributed by atoms with Crippen LogP contribution in [0.25, 0.3) is 11.3 Å². The Morgan fingerprint density at radius 2 is 1.80 bits per heavy atom. The second kappa shape index (κ2) is 4.40. The van der Waals surface area contributed by atoms with Crippen LogP contribution in [0.1, 0.15) is 0 Å². The van der Waals surface area contributed by atoms with E-state index in [1.54, 1.807) is 24.4 Å². The van der Waals surface area contributed by atoms with Crippen molar-refractivity contribution in [1.29, 1.82) is 0 Å². The zero-order chi connectivity index (χ0) is 10.8. The molecule has 0 radical (unpaired) electrons. The minimum absolute atomic E-state index is 0.494. The molecule has 2 aromatic rings. The zero-order valence-corrected chi connectivity index (χ0v) is 9.81. The fourth-order valence-corrected chi connectivity index (χ4v) is 1.81. The van der Waals surface area contributed by atoms with Crippen LogP contribution in [0.15, 0.2) is 36.5 Å². The van der Waals surface area contributed by atoms with E-state index in [9.17, 15) is 0 Å². The molecule has 1 aromatic heterocycles. The molecule has 4 heteroatoms. The molecule has 0 aliphatic heterocycles. The van der Waals surface area contributed by atoms with Gasteiger partial charge in [0.2, 0.25) is 0 Å². The average Bonchev–Trinajstić information content (AvgIpc) is 2.22. The number of rotatable bonds is 1. The van der Waals surface area contributed by atoms with Crippen molar-refractivity contribution in [3.05, 3.63) is 51.6 Å². The monoisotopic (exact) mass is 257 g/mol. The lowest BCUT2D eigenvalue weighted by molar-refractivity contribution is 1.33. The average molecular weight is 259 g/mol. The first-order valence-electron chi connectivity index (χ1n) is 4.24. The molecule has 15 heavy (non-hydrogen) atoms. The van der Waals surface area contributed by atoms with Gasteiger partial charge in [0.25, 0.3) is 0 Å². The van der Waals surface area contributed by atoms with Crippen LogP contribution < -0.4 is 0 Å². The van der Waals surface area contributed by atoms with Crippen molar-refractivity contribution in [3.8, 4) is 11.3 Å². The predicted molar refractivity (Wildman–Crippen MR) is 64.7 cm³/mol. The van der Waals surface area contributed by atoms with E-state index in [0.29, 0.717) is 15.1 Å². The van der Waals surface area contributed by atoms with Crippen molar-refractivity contribution in [2.24, 2.45) is 0 Å². The van der Waals surface area contributed by atoms with Crippen molar-refractivity contribution in [1.82, 2.24) is 4.98 Å². The smallest absolute Gasteiger partial charge is 0.0732 e. The van der Waals surface area contributed by atoms with Crippen molar-refractivity contribution in [3.63, 3.8) is 0 Å². The summed E-state index contributed by atoms with van der Waals surface area (Å²) in [7, 11) is 0. The van der Waals surface area contributed by atoms with Crippen molar-refractivity contribution >= 4 is 34.8 Å². The summed E-state index contributed by atoms with van der Waals surface area (Å²) in [4.78, 5) is 4.18. The highest BCUT2D eigenvalue weighted by atomic mass is 35.5. The van der Waals surface area contributed by atoms with Gasteiger partial charge in [-0.2, -0.15) is 0 Å². The zero-order valence-electron chi connectivity index (χ0n) is 7.55. The predicted octanol–water partition coefficient (Wildman–Crippen LogP) is 4.71. The highest BCUT2D eigenvalue weighted by Gasteiger charge is 2.07. The molecule has 1 aromatic carbocycles. The van der Waals surface area contributed by atoms with Gasteiger partial charge in [-0.1, -0.05) is 46.9 Å². The van der Waals surface area contributed by atoms with Gasteiger partial charge < -0.3 is 0 Å². The third kappa shape index (κ3) is 2.25. The van der Waals surface area contributed by atoms with Crippen molar-refractivity contribution < 1.29 is 0 Å². The molecule has 0 fully saturated rings. The van der Waals surface area contributed by atoms with E-state index >= 15 is 0 Å². The van der Waals surface area contributed by atoms with Crippen molar-refractivity contribution in [2.45, 2.75) is 0 Å². The van der Waals surface area contributed by atoms with Gasteiger partial charge in [0.15, 0.2) is 0 Å². The van der Waals surface area contributed by atoms with Crippen LogP contribution in [-0.4, -0.2) is 4.98 Å². The first-order chi connectivity index (χ1) is 7.18. The summed E-state index contributed by atoms with van der Waals surface area (Å²) < 4.78 is 0. The number of hydrogen-bond acceptors (Lipinski definition) is 1. The summed E-state index contributed by atoms with van der Waals surface area (Å²) in [6.45, 7) is 0. The number of halogens is 3. The maximum atomic E-state index is 6.07. The number of aromatic nitrogens is 1. The summed E-state index contributed by atoms with van der Waals surface area (Å²) in [6, 6.07) is 8.87. The molecule has 2 rings (SSSR count). The molecule has 0 saturated carbocycles. The lowest BCUT2D eigenvalue weighted by Gasteiger charge is -2.04. The van der Waals surface area contributed by atoms with E-state index < -0.39 is 0 Å². The van der Waals surface area contributed by atoms with Crippen LogP contribution in [0.3, 0.4) is 0 Å². The first kappa shape index (κ1) is 10.7. The molecule has 0 bridgehead atoms. The van der Waals surface area contributed by atoms with Gasteiger partial charge in [0.05, 0.1) is 15.7 Å². The van der Waals surface area contributed by atoms with Crippen LogP contribution in [-0.2, 0) is 0 Å². The molecule has 0 amide bonds. The van der Waals surface area contributed by atoms with E-state index in [1.807, 2.05) is 12.1 Å². The fourth-order valence-electron chi connectivity index (χ4n) is 1.25.